The van der Waals surface area contributed by atoms with E-state index in [4.69, 9.17) is 9.47 Å². The third kappa shape index (κ3) is 4.38. The summed E-state index contributed by atoms with van der Waals surface area (Å²) < 4.78 is 10.4. The van der Waals surface area contributed by atoms with Crippen LogP contribution in [-0.2, 0) is 20.9 Å². The first-order chi connectivity index (χ1) is 15.6. The molecule has 3 aromatic rings. The Labute approximate surface area is 187 Å². The molecular formula is C25H25N3O4. The van der Waals surface area contributed by atoms with E-state index in [1.807, 2.05) is 60.7 Å². The van der Waals surface area contributed by atoms with Gasteiger partial charge in [0.2, 0.25) is 0 Å². The van der Waals surface area contributed by atoms with E-state index in [-0.39, 0.29) is 18.2 Å². The number of nitrogens with zero attached hydrogens (tertiary/aromatic N) is 3. The van der Waals surface area contributed by atoms with Crippen LogP contribution in [0, 0.1) is 5.92 Å². The number of methoxy groups -OCH3 is 2. The van der Waals surface area contributed by atoms with Crippen molar-refractivity contribution >= 4 is 11.8 Å². The maximum absolute atomic E-state index is 13.3. The van der Waals surface area contributed by atoms with Gasteiger partial charge in [0.25, 0.3) is 0 Å². The lowest BCUT2D eigenvalue weighted by molar-refractivity contribution is -0.157. The molecule has 164 valence electrons. The summed E-state index contributed by atoms with van der Waals surface area (Å²) in [5.74, 6) is -0.963. The highest BCUT2D eigenvalue weighted by Crippen LogP contribution is 2.44. The van der Waals surface area contributed by atoms with Crippen molar-refractivity contribution in [1.29, 1.82) is 0 Å². The number of aromatic nitrogens is 2. The summed E-state index contributed by atoms with van der Waals surface area (Å²) in [6, 6.07) is 18.0. The van der Waals surface area contributed by atoms with Crippen LogP contribution in [0.15, 0.2) is 73.1 Å². The highest BCUT2D eigenvalue weighted by Gasteiger charge is 2.48. The fourth-order valence-electron chi connectivity index (χ4n) is 4.31. The van der Waals surface area contributed by atoms with Crippen LogP contribution in [0.3, 0.4) is 0 Å². The number of ketones is 1. The third-order valence-corrected chi connectivity index (χ3v) is 5.79. The van der Waals surface area contributed by atoms with Gasteiger partial charge in [-0.05, 0) is 42.0 Å². The van der Waals surface area contributed by atoms with Crippen molar-refractivity contribution in [3.05, 3.63) is 90.0 Å². The van der Waals surface area contributed by atoms with E-state index in [9.17, 15) is 9.59 Å². The average molecular weight is 431 g/mol. The standard InChI is InChI=1S/C25H25N3O4/c1-31-18-9-7-8-17(14-18)16-28-21(19-10-3-5-12-26-19)15-22(29)23(25(30)32-2)24(28)20-11-4-6-13-27-20/h3-14,21,23-24H,15-16H2,1-2H3/t21-,23?,24-/m0/s1. The maximum atomic E-state index is 13.3. The molecule has 3 atom stereocenters. The second-order valence-electron chi connectivity index (χ2n) is 7.66. The minimum atomic E-state index is -0.972. The number of carbonyl (C=O) groups excluding carboxylic acids is 2. The molecule has 0 N–H and O–H groups in total. The maximum Gasteiger partial charge on any atom is 0.318 e. The predicted octanol–water partition coefficient (Wildman–Crippen LogP) is 3.53. The molecule has 0 spiro atoms. The zero-order chi connectivity index (χ0) is 22.5. The van der Waals surface area contributed by atoms with E-state index < -0.39 is 17.9 Å². The lowest BCUT2D eigenvalue weighted by Crippen LogP contribution is -2.48. The lowest BCUT2D eigenvalue weighted by atomic mass is 9.81. The van der Waals surface area contributed by atoms with Crippen molar-refractivity contribution in [1.82, 2.24) is 14.9 Å². The van der Waals surface area contributed by atoms with Crippen LogP contribution < -0.4 is 4.74 Å². The van der Waals surface area contributed by atoms with Crippen LogP contribution in [0.1, 0.15) is 35.5 Å². The molecule has 7 nitrogen and oxygen atoms in total. The van der Waals surface area contributed by atoms with Crippen LogP contribution in [0.25, 0.3) is 0 Å². The Morgan fingerprint density at radius 3 is 2.34 bits per heavy atom. The zero-order valence-corrected chi connectivity index (χ0v) is 18.0. The summed E-state index contributed by atoms with van der Waals surface area (Å²) in [5, 5.41) is 0. The smallest absolute Gasteiger partial charge is 0.318 e. The molecule has 1 unspecified atom stereocenters. The van der Waals surface area contributed by atoms with Gasteiger partial charge in [0.15, 0.2) is 5.78 Å². The quantitative estimate of drug-likeness (QED) is 0.436. The molecule has 0 bridgehead atoms. The van der Waals surface area contributed by atoms with Gasteiger partial charge < -0.3 is 9.47 Å². The molecule has 0 amide bonds. The van der Waals surface area contributed by atoms with Crippen molar-refractivity contribution in [2.45, 2.75) is 25.0 Å². The molecule has 1 saturated heterocycles. The molecule has 0 aliphatic carbocycles. The van der Waals surface area contributed by atoms with Gasteiger partial charge in [-0.1, -0.05) is 24.3 Å². The Kier molecular flexibility index (Phi) is 6.56. The molecule has 7 heteroatoms. The first kappa shape index (κ1) is 21.6. The number of Topliss-reactive ketones (excluding diaryl/α,β-unsaturated/α-hetero) is 1. The van der Waals surface area contributed by atoms with E-state index in [2.05, 4.69) is 14.9 Å². The number of piperidine rings is 1. The fourth-order valence-corrected chi connectivity index (χ4v) is 4.31. The number of rotatable bonds is 6. The van der Waals surface area contributed by atoms with E-state index in [0.717, 1.165) is 17.0 Å². The zero-order valence-electron chi connectivity index (χ0n) is 18.0. The number of hydrogen-bond acceptors (Lipinski definition) is 7. The number of ether oxygens (including phenoxy) is 2. The van der Waals surface area contributed by atoms with Crippen molar-refractivity contribution in [3.63, 3.8) is 0 Å². The summed E-state index contributed by atoms with van der Waals surface area (Å²) in [7, 11) is 2.93. The summed E-state index contributed by atoms with van der Waals surface area (Å²) in [6.07, 6.45) is 3.54. The van der Waals surface area contributed by atoms with Crippen LogP contribution >= 0.6 is 0 Å². The fraction of sp³-hybridized carbons (Fsp3) is 0.280. The number of pyridine rings is 2. The van der Waals surface area contributed by atoms with E-state index >= 15 is 0 Å². The molecule has 1 aromatic carbocycles. The Morgan fingerprint density at radius 1 is 1.00 bits per heavy atom. The van der Waals surface area contributed by atoms with Gasteiger partial charge in [0.1, 0.15) is 11.7 Å². The van der Waals surface area contributed by atoms with Gasteiger partial charge in [-0.25, -0.2) is 0 Å². The second kappa shape index (κ2) is 9.70. The molecule has 1 fully saturated rings. The van der Waals surface area contributed by atoms with Crippen LogP contribution in [0.5, 0.6) is 5.75 Å². The van der Waals surface area contributed by atoms with Gasteiger partial charge >= 0.3 is 5.97 Å². The Morgan fingerprint density at radius 2 is 1.72 bits per heavy atom. The molecule has 0 saturated carbocycles. The van der Waals surface area contributed by atoms with Crippen LogP contribution in [-0.4, -0.2) is 40.8 Å². The van der Waals surface area contributed by atoms with Gasteiger partial charge in [-0.3, -0.25) is 24.5 Å². The molecule has 4 rings (SSSR count). The third-order valence-electron chi connectivity index (χ3n) is 5.79. The number of hydrogen-bond donors (Lipinski definition) is 0. The van der Waals surface area contributed by atoms with E-state index in [1.165, 1.54) is 7.11 Å². The Hall–Kier alpha value is -3.58. The van der Waals surface area contributed by atoms with Gasteiger partial charge in [0.05, 0.1) is 37.7 Å². The first-order valence-corrected chi connectivity index (χ1v) is 10.4. The van der Waals surface area contributed by atoms with Crippen molar-refractivity contribution in [3.8, 4) is 5.75 Å². The van der Waals surface area contributed by atoms with E-state index in [0.29, 0.717) is 12.2 Å². The number of likely N-dealkylation sites (tertiary alicyclic amines) is 1. The number of benzene rings is 1. The summed E-state index contributed by atoms with van der Waals surface area (Å²) in [5.41, 5.74) is 2.40. The summed E-state index contributed by atoms with van der Waals surface area (Å²) >= 11 is 0. The molecular weight excluding hydrogens is 406 g/mol. The van der Waals surface area contributed by atoms with Crippen molar-refractivity contribution in [2.24, 2.45) is 5.92 Å². The van der Waals surface area contributed by atoms with Crippen molar-refractivity contribution < 1.29 is 19.1 Å². The Bertz CT molecular complexity index is 1070. The highest BCUT2D eigenvalue weighted by molar-refractivity contribution is 6.00. The minimum Gasteiger partial charge on any atom is -0.497 e. The molecule has 1 aliphatic heterocycles. The molecule has 2 aromatic heterocycles. The Balaban J connectivity index is 1.84. The first-order valence-electron chi connectivity index (χ1n) is 10.4. The number of carbonyl (C=O) groups is 2. The molecule has 0 radical (unpaired) electrons. The van der Waals surface area contributed by atoms with Gasteiger partial charge in [-0.15, -0.1) is 0 Å². The summed E-state index contributed by atoms with van der Waals surface area (Å²) in [4.78, 5) is 37.2. The number of esters is 1. The topological polar surface area (TPSA) is 81.6 Å². The SMILES string of the molecule is COC(=O)C1C(=O)C[C@@H](c2ccccn2)N(Cc2cccc(OC)c2)[C@H]1c1ccccn1. The lowest BCUT2D eigenvalue weighted by Gasteiger charge is -2.44. The average Bonchev–Trinajstić information content (AvgIpc) is 2.85. The van der Waals surface area contributed by atoms with E-state index in [1.54, 1.807) is 19.5 Å². The highest BCUT2D eigenvalue weighted by atomic mass is 16.5. The molecule has 1 aliphatic rings. The second-order valence-corrected chi connectivity index (χ2v) is 7.66. The molecule has 3 heterocycles. The van der Waals surface area contributed by atoms with Crippen molar-refractivity contribution in [2.75, 3.05) is 14.2 Å². The van der Waals surface area contributed by atoms with Gasteiger partial charge in [0, 0.05) is 25.4 Å². The largest absolute Gasteiger partial charge is 0.497 e. The summed E-state index contributed by atoms with van der Waals surface area (Å²) in [6.45, 7) is 0.473. The monoisotopic (exact) mass is 431 g/mol. The van der Waals surface area contributed by atoms with Gasteiger partial charge in [-0.2, -0.15) is 0 Å². The van der Waals surface area contributed by atoms with Crippen LogP contribution in [0.4, 0.5) is 0 Å². The minimum absolute atomic E-state index is 0.157. The predicted molar refractivity (Wildman–Crippen MR) is 118 cm³/mol. The van der Waals surface area contributed by atoms with Crippen LogP contribution in [0.2, 0.25) is 0 Å². The molecule has 32 heavy (non-hydrogen) atoms. The normalized spacial score (nSPS) is 21.2.